The standard InChI is InChI=1S/C29H24N8O/c1-17-12-14-36-25(17)29(38)37(20-8-4-3-5-9-20)28(35-36)18(2)34-27-23-22(15-31-26(23)32-16-33-27)21-10-6-7-19-11-13-30-24(19)21/h3-16,18,30H,1-2H3,(H2,31,32,33,34)/t18-/m0/s1. The predicted molar refractivity (Wildman–Crippen MR) is 149 cm³/mol. The first-order valence-electron chi connectivity index (χ1n) is 12.4. The normalized spacial score (nSPS) is 12.5. The Morgan fingerprint density at radius 1 is 0.947 bits per heavy atom. The zero-order valence-electron chi connectivity index (χ0n) is 20.8. The van der Waals surface area contributed by atoms with Crippen LogP contribution in [0.5, 0.6) is 0 Å². The molecular formula is C29H24N8O. The van der Waals surface area contributed by atoms with Crippen LogP contribution in [0.15, 0.2) is 90.4 Å². The zero-order valence-corrected chi connectivity index (χ0v) is 20.8. The highest BCUT2D eigenvalue weighted by molar-refractivity contribution is 6.06. The number of aromatic amines is 2. The molecular weight excluding hydrogens is 476 g/mol. The summed E-state index contributed by atoms with van der Waals surface area (Å²) in [6.07, 6.45) is 7.25. The molecule has 0 saturated carbocycles. The predicted octanol–water partition coefficient (Wildman–Crippen LogP) is 5.39. The van der Waals surface area contributed by atoms with Gasteiger partial charge in [0, 0.05) is 29.7 Å². The Morgan fingerprint density at radius 2 is 1.82 bits per heavy atom. The molecule has 0 aliphatic rings. The number of H-pyrrole nitrogens is 2. The van der Waals surface area contributed by atoms with Crippen molar-refractivity contribution in [1.29, 1.82) is 0 Å². The van der Waals surface area contributed by atoms with Crippen molar-refractivity contribution < 1.29 is 0 Å². The lowest BCUT2D eigenvalue weighted by atomic mass is 10.0. The molecule has 9 nitrogen and oxygen atoms in total. The van der Waals surface area contributed by atoms with Gasteiger partial charge in [-0.05, 0) is 49.1 Å². The van der Waals surface area contributed by atoms with Gasteiger partial charge >= 0.3 is 0 Å². The van der Waals surface area contributed by atoms with Crippen LogP contribution in [0.25, 0.3) is 44.3 Å². The minimum absolute atomic E-state index is 0.119. The maximum absolute atomic E-state index is 13.7. The van der Waals surface area contributed by atoms with Gasteiger partial charge in [0.2, 0.25) is 0 Å². The Hall–Kier alpha value is -5.18. The smallest absolute Gasteiger partial charge is 0.282 e. The molecule has 0 bridgehead atoms. The Bertz CT molecular complexity index is 2010. The number of hydrogen-bond acceptors (Lipinski definition) is 5. The molecule has 9 heteroatoms. The van der Waals surface area contributed by atoms with E-state index in [1.54, 1.807) is 9.08 Å². The van der Waals surface area contributed by atoms with Gasteiger partial charge in [0.05, 0.1) is 22.6 Å². The molecule has 7 rings (SSSR count). The van der Waals surface area contributed by atoms with Crippen molar-refractivity contribution in [3.05, 3.63) is 107 Å². The maximum Gasteiger partial charge on any atom is 0.282 e. The zero-order chi connectivity index (χ0) is 25.8. The third-order valence-electron chi connectivity index (χ3n) is 7.02. The van der Waals surface area contributed by atoms with Crippen molar-refractivity contribution in [2.45, 2.75) is 19.9 Å². The Morgan fingerprint density at radius 3 is 2.68 bits per heavy atom. The van der Waals surface area contributed by atoms with Gasteiger partial charge < -0.3 is 15.3 Å². The molecule has 5 heterocycles. The molecule has 0 amide bonds. The summed E-state index contributed by atoms with van der Waals surface area (Å²) in [7, 11) is 0. The number of anilines is 1. The summed E-state index contributed by atoms with van der Waals surface area (Å²) in [4.78, 5) is 29.5. The molecule has 3 N–H and O–H groups in total. The van der Waals surface area contributed by atoms with E-state index in [-0.39, 0.29) is 11.6 Å². The van der Waals surface area contributed by atoms with E-state index in [1.165, 1.54) is 6.33 Å². The number of rotatable bonds is 5. The summed E-state index contributed by atoms with van der Waals surface area (Å²) in [6, 6.07) is 19.4. The highest BCUT2D eigenvalue weighted by Gasteiger charge is 2.22. The number of nitrogens with one attached hydrogen (secondary N) is 3. The Kier molecular flexibility index (Phi) is 4.90. The fraction of sp³-hybridized carbons (Fsp3) is 0.103. The molecule has 5 aromatic heterocycles. The molecule has 2 aromatic carbocycles. The largest absolute Gasteiger partial charge is 0.361 e. The monoisotopic (exact) mass is 500 g/mol. The fourth-order valence-corrected chi connectivity index (χ4v) is 5.20. The highest BCUT2D eigenvalue weighted by atomic mass is 16.1. The third kappa shape index (κ3) is 3.32. The van der Waals surface area contributed by atoms with E-state index in [4.69, 9.17) is 5.10 Å². The lowest BCUT2D eigenvalue weighted by Crippen LogP contribution is -2.29. The molecule has 0 spiro atoms. The van der Waals surface area contributed by atoms with Crippen molar-refractivity contribution in [2.24, 2.45) is 0 Å². The van der Waals surface area contributed by atoms with Gasteiger partial charge in [0.15, 0.2) is 5.82 Å². The van der Waals surface area contributed by atoms with Crippen LogP contribution in [-0.4, -0.2) is 34.1 Å². The van der Waals surface area contributed by atoms with E-state index in [9.17, 15) is 4.79 Å². The molecule has 0 aliphatic heterocycles. The first-order valence-corrected chi connectivity index (χ1v) is 12.4. The minimum atomic E-state index is -0.364. The molecule has 0 radical (unpaired) electrons. The molecule has 0 fully saturated rings. The first-order chi connectivity index (χ1) is 18.6. The van der Waals surface area contributed by atoms with E-state index in [0.717, 1.165) is 44.3 Å². The second-order valence-electron chi connectivity index (χ2n) is 9.39. The number of aromatic nitrogens is 7. The number of nitrogens with zero attached hydrogens (tertiary/aromatic N) is 5. The van der Waals surface area contributed by atoms with Gasteiger partial charge in [0.1, 0.15) is 23.3 Å². The van der Waals surface area contributed by atoms with Crippen LogP contribution < -0.4 is 10.9 Å². The topological polar surface area (TPSA) is 109 Å². The SMILES string of the molecule is Cc1ccn2nc([C@H](C)Nc3ncnc4[nH]cc(-c5cccc6cc[nH]c56)c34)n(-c3ccccc3)c(=O)c12. The number of benzene rings is 2. The Balaban J connectivity index is 1.39. The summed E-state index contributed by atoms with van der Waals surface area (Å²) in [6.45, 7) is 3.90. The number of para-hydroxylation sites is 2. The quantitative estimate of drug-likeness (QED) is 0.294. The molecule has 38 heavy (non-hydrogen) atoms. The van der Waals surface area contributed by atoms with Gasteiger partial charge in [-0.3, -0.25) is 9.36 Å². The molecule has 186 valence electrons. The van der Waals surface area contributed by atoms with E-state index >= 15 is 0 Å². The van der Waals surface area contributed by atoms with E-state index in [1.807, 2.05) is 74.9 Å². The van der Waals surface area contributed by atoms with Crippen LogP contribution in [0.3, 0.4) is 0 Å². The van der Waals surface area contributed by atoms with Crippen LogP contribution in [-0.2, 0) is 0 Å². The highest BCUT2D eigenvalue weighted by Crippen LogP contribution is 2.36. The first kappa shape index (κ1) is 22.1. The molecule has 1 atom stereocenters. The maximum atomic E-state index is 13.7. The summed E-state index contributed by atoms with van der Waals surface area (Å²) < 4.78 is 3.34. The fourth-order valence-electron chi connectivity index (χ4n) is 5.20. The number of aryl methyl sites for hydroxylation is 1. The molecule has 0 aliphatic carbocycles. The molecule has 0 unspecified atom stereocenters. The van der Waals surface area contributed by atoms with Crippen LogP contribution in [0.4, 0.5) is 5.82 Å². The van der Waals surface area contributed by atoms with Crippen molar-refractivity contribution in [3.63, 3.8) is 0 Å². The van der Waals surface area contributed by atoms with Gasteiger partial charge in [-0.25, -0.2) is 14.5 Å². The summed E-state index contributed by atoms with van der Waals surface area (Å²) in [5.41, 5.74) is 5.87. The average molecular weight is 501 g/mol. The minimum Gasteiger partial charge on any atom is -0.361 e. The van der Waals surface area contributed by atoms with Crippen molar-refractivity contribution >= 4 is 33.3 Å². The van der Waals surface area contributed by atoms with Crippen LogP contribution in [0.2, 0.25) is 0 Å². The van der Waals surface area contributed by atoms with Crippen molar-refractivity contribution in [1.82, 2.24) is 34.1 Å². The van der Waals surface area contributed by atoms with Crippen molar-refractivity contribution in [2.75, 3.05) is 5.32 Å². The second kappa shape index (κ2) is 8.45. The molecule has 7 aromatic rings. The van der Waals surface area contributed by atoms with Gasteiger partial charge in [-0.2, -0.15) is 5.10 Å². The lowest BCUT2D eigenvalue weighted by molar-refractivity contribution is 0.673. The van der Waals surface area contributed by atoms with Crippen LogP contribution in [0.1, 0.15) is 24.4 Å². The van der Waals surface area contributed by atoms with Gasteiger partial charge in [-0.1, -0.05) is 36.4 Å². The number of fused-ring (bicyclic) bond motifs is 3. The third-order valence-corrected chi connectivity index (χ3v) is 7.02. The molecule has 0 saturated heterocycles. The van der Waals surface area contributed by atoms with E-state index in [2.05, 4.69) is 43.5 Å². The van der Waals surface area contributed by atoms with Gasteiger partial charge in [-0.15, -0.1) is 0 Å². The van der Waals surface area contributed by atoms with E-state index in [0.29, 0.717) is 17.2 Å². The van der Waals surface area contributed by atoms with E-state index < -0.39 is 0 Å². The Labute approximate surface area is 216 Å². The van der Waals surface area contributed by atoms with Crippen LogP contribution in [0, 0.1) is 6.92 Å². The lowest BCUT2D eigenvalue weighted by Gasteiger charge is -2.20. The van der Waals surface area contributed by atoms with Crippen molar-refractivity contribution in [3.8, 4) is 16.8 Å². The van der Waals surface area contributed by atoms with Gasteiger partial charge in [0.25, 0.3) is 5.56 Å². The van der Waals surface area contributed by atoms with Crippen LogP contribution >= 0.6 is 0 Å². The number of hydrogen-bond donors (Lipinski definition) is 3. The summed E-state index contributed by atoms with van der Waals surface area (Å²) in [5.74, 6) is 1.22. The second-order valence-corrected chi connectivity index (χ2v) is 9.39. The summed E-state index contributed by atoms with van der Waals surface area (Å²) in [5, 5.41) is 10.4. The average Bonchev–Trinajstić information content (AvgIpc) is 3.68. The summed E-state index contributed by atoms with van der Waals surface area (Å²) >= 11 is 0.